The highest BCUT2D eigenvalue weighted by Crippen LogP contribution is 2.33. The minimum absolute atomic E-state index is 0.0107. The van der Waals surface area contributed by atoms with Crippen molar-refractivity contribution in [3.05, 3.63) is 119 Å². The summed E-state index contributed by atoms with van der Waals surface area (Å²) in [6.07, 6.45) is 5.18. The summed E-state index contributed by atoms with van der Waals surface area (Å²) in [5.74, 6) is -0.853. The molecule has 4 aromatic carbocycles. The highest BCUT2D eigenvalue weighted by molar-refractivity contribution is 6.08. The third-order valence-corrected chi connectivity index (χ3v) is 9.75. The summed E-state index contributed by atoms with van der Waals surface area (Å²) >= 11 is 0. The largest absolute Gasteiger partial charge is 0.490 e. The summed E-state index contributed by atoms with van der Waals surface area (Å²) in [6, 6.07) is 26.4. The normalized spacial score (nSPS) is 14.4. The van der Waals surface area contributed by atoms with Crippen LogP contribution in [0.15, 0.2) is 91.0 Å². The van der Waals surface area contributed by atoms with Gasteiger partial charge in [0.05, 0.1) is 23.4 Å². The Morgan fingerprint density at radius 2 is 1.49 bits per heavy atom. The van der Waals surface area contributed by atoms with Crippen LogP contribution >= 0.6 is 0 Å². The standard InChI is InChI=1S/C41H49FN6O3/c1-27-22-33(43)20-21-36(27)45-40(49)34-23-35(42)37(24-38(34)51-29(3)32-18-12-7-13-19-32)46-41(50)47(4)39(44)28(2)48(25-30-14-8-5-9-15-30)26-31-16-10-6-11-17-31/h5-6,8-11,14-17,20-24,28-29,32,44H,7,12-13,18-19,25-26,43H2,1-4H3,(H,45,49)(H,46,50)/t28-,29?/m1/s1. The van der Waals surface area contributed by atoms with Gasteiger partial charge in [-0.2, -0.15) is 0 Å². The summed E-state index contributed by atoms with van der Waals surface area (Å²) in [6.45, 7) is 6.79. The lowest BCUT2D eigenvalue weighted by molar-refractivity contribution is 0.0997. The van der Waals surface area contributed by atoms with E-state index in [1.165, 1.54) is 24.4 Å². The summed E-state index contributed by atoms with van der Waals surface area (Å²) in [7, 11) is 1.49. The number of nitrogen functional groups attached to an aromatic ring is 1. The molecule has 0 spiro atoms. The van der Waals surface area contributed by atoms with E-state index in [1.807, 2.05) is 81.4 Å². The van der Waals surface area contributed by atoms with Crippen molar-refractivity contribution in [2.24, 2.45) is 5.92 Å². The molecule has 0 aromatic heterocycles. The maximum atomic E-state index is 15.8. The summed E-state index contributed by atoms with van der Waals surface area (Å²) in [5, 5.41) is 14.5. The maximum absolute atomic E-state index is 15.8. The van der Waals surface area contributed by atoms with E-state index in [1.54, 1.807) is 18.2 Å². The number of amides is 3. The van der Waals surface area contributed by atoms with Gasteiger partial charge in [0.2, 0.25) is 0 Å². The molecule has 0 bridgehead atoms. The molecule has 268 valence electrons. The monoisotopic (exact) mass is 692 g/mol. The van der Waals surface area contributed by atoms with Crippen molar-refractivity contribution in [2.75, 3.05) is 23.4 Å². The van der Waals surface area contributed by atoms with E-state index in [0.29, 0.717) is 30.4 Å². The minimum atomic E-state index is -0.803. The van der Waals surface area contributed by atoms with Gasteiger partial charge in [-0.05, 0) is 80.5 Å². The molecule has 5 rings (SSSR count). The number of aryl methyl sites for hydroxylation is 1. The lowest BCUT2D eigenvalue weighted by atomic mass is 9.86. The van der Waals surface area contributed by atoms with Gasteiger partial charge in [-0.1, -0.05) is 79.9 Å². The Morgan fingerprint density at radius 3 is 2.08 bits per heavy atom. The number of halogens is 1. The van der Waals surface area contributed by atoms with Gasteiger partial charge in [0.1, 0.15) is 17.4 Å². The summed E-state index contributed by atoms with van der Waals surface area (Å²) in [5.41, 5.74) is 9.78. The van der Waals surface area contributed by atoms with Gasteiger partial charge in [-0.25, -0.2) is 9.18 Å². The van der Waals surface area contributed by atoms with Gasteiger partial charge >= 0.3 is 6.03 Å². The number of urea groups is 1. The van der Waals surface area contributed by atoms with Gasteiger partial charge in [-0.3, -0.25) is 20.0 Å². The summed E-state index contributed by atoms with van der Waals surface area (Å²) in [4.78, 5) is 30.5. The van der Waals surface area contributed by atoms with E-state index < -0.39 is 23.8 Å². The molecule has 1 unspecified atom stereocenters. The van der Waals surface area contributed by atoms with E-state index in [2.05, 4.69) is 15.5 Å². The molecule has 1 aliphatic carbocycles. The molecule has 0 heterocycles. The van der Waals surface area contributed by atoms with Crippen molar-refractivity contribution in [3.8, 4) is 5.75 Å². The van der Waals surface area contributed by atoms with Gasteiger partial charge in [0.15, 0.2) is 0 Å². The number of hydrogen-bond acceptors (Lipinski definition) is 6. The van der Waals surface area contributed by atoms with E-state index in [4.69, 9.17) is 15.9 Å². The first-order chi connectivity index (χ1) is 24.5. The number of ether oxygens (including phenoxy) is 1. The van der Waals surface area contributed by atoms with Crippen LogP contribution in [0.2, 0.25) is 0 Å². The number of nitrogens with zero attached hydrogens (tertiary/aromatic N) is 2. The molecule has 10 heteroatoms. The van der Waals surface area contributed by atoms with E-state index >= 15 is 4.39 Å². The average molecular weight is 693 g/mol. The minimum Gasteiger partial charge on any atom is -0.490 e. The van der Waals surface area contributed by atoms with Crippen LogP contribution < -0.4 is 21.1 Å². The van der Waals surface area contributed by atoms with Crippen LogP contribution in [-0.2, 0) is 13.1 Å². The number of carbonyl (C=O) groups is 2. The zero-order chi connectivity index (χ0) is 36.5. The van der Waals surface area contributed by atoms with Gasteiger partial charge < -0.3 is 21.1 Å². The third kappa shape index (κ3) is 9.73. The SMILES string of the molecule is Cc1cc(N)ccc1NC(=O)c1cc(F)c(NC(=O)N(C)C(=N)[C@@H](C)N(Cc2ccccc2)Cc2ccccc2)cc1OC(C)C1CCCCC1. The fraction of sp³-hybridized carbons (Fsp3) is 0.341. The molecule has 9 nitrogen and oxygen atoms in total. The number of carbonyl (C=O) groups excluding carboxylic acids is 2. The van der Waals surface area contributed by atoms with Crippen LogP contribution in [0.3, 0.4) is 0 Å². The van der Waals surface area contributed by atoms with Gasteiger partial charge in [0, 0.05) is 37.6 Å². The highest BCUT2D eigenvalue weighted by atomic mass is 19.1. The molecule has 1 aliphatic rings. The molecule has 2 atom stereocenters. The van der Waals surface area contributed by atoms with Crippen LogP contribution in [0.4, 0.5) is 26.2 Å². The highest BCUT2D eigenvalue weighted by Gasteiger charge is 2.28. The number of rotatable bonds is 12. The molecule has 0 radical (unpaired) electrons. The Kier molecular flexibility index (Phi) is 12.4. The zero-order valence-corrected chi connectivity index (χ0v) is 29.9. The molecule has 4 aromatic rings. The van der Waals surface area contributed by atoms with E-state index in [0.717, 1.165) is 48.4 Å². The van der Waals surface area contributed by atoms with E-state index in [-0.39, 0.29) is 28.9 Å². The first-order valence-electron chi connectivity index (χ1n) is 17.6. The molecular weight excluding hydrogens is 643 g/mol. The quantitative estimate of drug-likeness (QED) is 0.0671. The van der Waals surface area contributed by atoms with Crippen LogP contribution in [-0.4, -0.2) is 46.8 Å². The van der Waals surface area contributed by atoms with Crippen molar-refractivity contribution in [1.29, 1.82) is 5.41 Å². The number of amidine groups is 1. The first kappa shape index (κ1) is 37.0. The fourth-order valence-corrected chi connectivity index (χ4v) is 6.57. The number of anilines is 3. The van der Waals surface area contributed by atoms with Gasteiger partial charge in [0.25, 0.3) is 5.91 Å². The number of benzene rings is 4. The first-order valence-corrected chi connectivity index (χ1v) is 17.6. The van der Waals surface area contributed by atoms with Crippen molar-refractivity contribution >= 4 is 34.8 Å². The van der Waals surface area contributed by atoms with Crippen LogP contribution in [0.1, 0.15) is 73.0 Å². The second-order valence-corrected chi connectivity index (χ2v) is 13.5. The Hall–Kier alpha value is -5.22. The van der Waals surface area contributed by atoms with Crippen molar-refractivity contribution in [3.63, 3.8) is 0 Å². The third-order valence-electron chi connectivity index (χ3n) is 9.75. The maximum Gasteiger partial charge on any atom is 0.327 e. The number of nitrogens with one attached hydrogen (secondary N) is 3. The summed E-state index contributed by atoms with van der Waals surface area (Å²) < 4.78 is 22.2. The molecule has 1 saturated carbocycles. The van der Waals surface area contributed by atoms with Crippen molar-refractivity contribution < 1.29 is 18.7 Å². The van der Waals surface area contributed by atoms with Crippen LogP contribution in [0.5, 0.6) is 5.75 Å². The van der Waals surface area contributed by atoms with Crippen molar-refractivity contribution in [2.45, 2.75) is 78.1 Å². The number of hydrogen-bond donors (Lipinski definition) is 4. The predicted molar refractivity (Wildman–Crippen MR) is 203 cm³/mol. The Labute approximate surface area is 300 Å². The Balaban J connectivity index is 1.37. The second kappa shape index (κ2) is 17.1. The lowest BCUT2D eigenvalue weighted by Gasteiger charge is -2.33. The molecule has 0 saturated heterocycles. The molecule has 1 fully saturated rings. The second-order valence-electron chi connectivity index (χ2n) is 13.5. The molecule has 0 aliphatic heterocycles. The van der Waals surface area contributed by atoms with E-state index in [9.17, 15) is 9.59 Å². The number of nitrogens with two attached hydrogens (primary N) is 1. The smallest absolute Gasteiger partial charge is 0.327 e. The van der Waals surface area contributed by atoms with Crippen LogP contribution in [0, 0.1) is 24.1 Å². The fourth-order valence-electron chi connectivity index (χ4n) is 6.57. The molecule has 5 N–H and O–H groups in total. The average Bonchev–Trinajstić information content (AvgIpc) is 3.13. The zero-order valence-electron chi connectivity index (χ0n) is 29.9. The van der Waals surface area contributed by atoms with Crippen molar-refractivity contribution in [1.82, 2.24) is 9.80 Å². The Bertz CT molecular complexity index is 1770. The van der Waals surface area contributed by atoms with Crippen LogP contribution in [0.25, 0.3) is 0 Å². The molecule has 3 amide bonds. The lowest BCUT2D eigenvalue weighted by Crippen LogP contribution is -2.48. The van der Waals surface area contributed by atoms with Gasteiger partial charge in [-0.15, -0.1) is 0 Å². The Morgan fingerprint density at radius 1 is 0.882 bits per heavy atom. The molecule has 51 heavy (non-hydrogen) atoms. The topological polar surface area (TPSA) is 124 Å². The number of likely N-dealkylation sites (N-methyl/N-ethyl adjacent to an activating group) is 1. The predicted octanol–water partition coefficient (Wildman–Crippen LogP) is 8.85. The molecular formula is C41H49FN6O3.